The number of guanidine groups is 1. The minimum Gasteiger partial charge on any atom is -0.357 e. The summed E-state index contributed by atoms with van der Waals surface area (Å²) in [5.41, 5.74) is -0.399. The lowest BCUT2D eigenvalue weighted by molar-refractivity contribution is -0.137. The standard InChI is InChI=1S/C21H28F3N3OS/c1-3-25-20(27-18-11-6-12-19(15-18)29(28)4-2)26-13-7-9-16-8-5-10-17(14-16)21(22,23)24/h5,8,10,14,18-19H,3-4,6,11-13,15H2,1-2H3,(H2,25,26,27). The maximum Gasteiger partial charge on any atom is 0.416 e. The van der Waals surface area contributed by atoms with Crippen LogP contribution in [0.25, 0.3) is 0 Å². The van der Waals surface area contributed by atoms with Crippen LogP contribution in [0.2, 0.25) is 0 Å². The number of hydrogen-bond acceptors (Lipinski definition) is 2. The molecule has 1 aromatic rings. The van der Waals surface area contributed by atoms with Gasteiger partial charge < -0.3 is 10.6 Å². The molecule has 0 amide bonds. The van der Waals surface area contributed by atoms with Gasteiger partial charge in [-0.1, -0.05) is 31.3 Å². The molecule has 1 fully saturated rings. The average molecular weight is 428 g/mol. The van der Waals surface area contributed by atoms with Crippen LogP contribution < -0.4 is 10.6 Å². The Hall–Kier alpha value is -2.01. The van der Waals surface area contributed by atoms with Crippen molar-refractivity contribution in [3.63, 3.8) is 0 Å². The Morgan fingerprint density at radius 1 is 1.31 bits per heavy atom. The van der Waals surface area contributed by atoms with Crippen molar-refractivity contribution in [3.8, 4) is 11.8 Å². The predicted molar refractivity (Wildman–Crippen MR) is 112 cm³/mol. The first-order valence-corrected chi connectivity index (χ1v) is 11.3. The molecule has 0 aliphatic heterocycles. The summed E-state index contributed by atoms with van der Waals surface area (Å²) in [6, 6.07) is 5.17. The first-order chi connectivity index (χ1) is 13.8. The van der Waals surface area contributed by atoms with E-state index < -0.39 is 22.5 Å². The van der Waals surface area contributed by atoms with Crippen LogP contribution in [0.5, 0.6) is 0 Å². The summed E-state index contributed by atoms with van der Waals surface area (Å²) >= 11 is 0. The van der Waals surface area contributed by atoms with Crippen molar-refractivity contribution < 1.29 is 17.4 Å². The molecule has 2 rings (SSSR count). The van der Waals surface area contributed by atoms with E-state index in [1.807, 2.05) is 13.8 Å². The molecule has 0 heterocycles. The Labute approximate surface area is 173 Å². The fourth-order valence-corrected chi connectivity index (χ4v) is 4.65. The fourth-order valence-electron chi connectivity index (χ4n) is 3.30. The lowest BCUT2D eigenvalue weighted by atomic mass is 9.95. The number of rotatable bonds is 5. The van der Waals surface area contributed by atoms with Crippen LogP contribution in [0.1, 0.15) is 50.7 Å². The molecular formula is C21H28F3N3OS. The van der Waals surface area contributed by atoms with Crippen molar-refractivity contribution in [3.05, 3.63) is 35.4 Å². The minimum atomic E-state index is -4.38. The Kier molecular flexibility index (Phi) is 9.02. The van der Waals surface area contributed by atoms with Crippen LogP contribution in [-0.4, -0.2) is 40.3 Å². The normalized spacial score (nSPS) is 21.1. The quantitative estimate of drug-likeness (QED) is 0.428. The maximum absolute atomic E-state index is 12.8. The Morgan fingerprint density at radius 3 is 2.79 bits per heavy atom. The van der Waals surface area contributed by atoms with Gasteiger partial charge in [0.15, 0.2) is 5.96 Å². The lowest BCUT2D eigenvalue weighted by Crippen LogP contribution is -2.46. The van der Waals surface area contributed by atoms with E-state index in [0.29, 0.717) is 23.8 Å². The SMILES string of the molecule is CCNC(=NCC#Cc1cccc(C(F)(F)F)c1)NC1CCCC(S(=O)CC)C1. The van der Waals surface area contributed by atoms with Crippen LogP contribution in [0.3, 0.4) is 0 Å². The summed E-state index contributed by atoms with van der Waals surface area (Å²) in [4.78, 5) is 4.41. The smallest absolute Gasteiger partial charge is 0.357 e. The highest BCUT2D eigenvalue weighted by Crippen LogP contribution is 2.29. The largest absolute Gasteiger partial charge is 0.416 e. The second-order valence-electron chi connectivity index (χ2n) is 6.87. The number of hydrogen-bond donors (Lipinski definition) is 2. The zero-order valence-corrected chi connectivity index (χ0v) is 17.6. The van der Waals surface area contributed by atoms with E-state index >= 15 is 0 Å². The van der Waals surface area contributed by atoms with Gasteiger partial charge in [0.2, 0.25) is 0 Å². The molecule has 4 nitrogen and oxygen atoms in total. The second-order valence-corrected chi connectivity index (χ2v) is 8.88. The first kappa shape index (κ1) is 23.3. The molecule has 2 N–H and O–H groups in total. The van der Waals surface area contributed by atoms with Crippen LogP contribution in [0.4, 0.5) is 13.2 Å². The predicted octanol–water partition coefficient (Wildman–Crippen LogP) is 3.69. The first-order valence-electron chi connectivity index (χ1n) is 9.91. The molecule has 160 valence electrons. The summed E-state index contributed by atoms with van der Waals surface area (Å²) in [6.07, 6.45) is -0.507. The molecule has 0 bridgehead atoms. The Bertz CT molecular complexity index is 783. The highest BCUT2D eigenvalue weighted by molar-refractivity contribution is 7.85. The van der Waals surface area contributed by atoms with Gasteiger partial charge in [0.25, 0.3) is 0 Å². The van der Waals surface area contributed by atoms with Gasteiger partial charge in [0.05, 0.1) is 5.56 Å². The molecule has 1 aliphatic rings. The third-order valence-electron chi connectivity index (χ3n) is 4.71. The van der Waals surface area contributed by atoms with Gasteiger partial charge in [-0.2, -0.15) is 13.2 Å². The summed E-state index contributed by atoms with van der Waals surface area (Å²) in [7, 11) is -0.792. The molecule has 0 spiro atoms. The third kappa shape index (κ3) is 7.73. The Balaban J connectivity index is 1.98. The van der Waals surface area contributed by atoms with E-state index in [1.165, 1.54) is 6.07 Å². The van der Waals surface area contributed by atoms with Crippen molar-refractivity contribution in [1.29, 1.82) is 0 Å². The van der Waals surface area contributed by atoms with E-state index in [9.17, 15) is 17.4 Å². The van der Waals surface area contributed by atoms with Gasteiger partial charge >= 0.3 is 6.18 Å². The number of benzene rings is 1. The van der Waals surface area contributed by atoms with E-state index in [2.05, 4.69) is 27.5 Å². The monoisotopic (exact) mass is 427 g/mol. The molecular weight excluding hydrogens is 399 g/mol. The number of nitrogens with zero attached hydrogens (tertiary/aromatic N) is 1. The molecule has 1 aliphatic carbocycles. The van der Waals surface area contributed by atoms with E-state index in [1.54, 1.807) is 6.07 Å². The van der Waals surface area contributed by atoms with Gasteiger partial charge in [-0.15, -0.1) is 0 Å². The van der Waals surface area contributed by atoms with Crippen LogP contribution >= 0.6 is 0 Å². The highest BCUT2D eigenvalue weighted by Gasteiger charge is 2.30. The molecule has 1 aromatic carbocycles. The summed E-state index contributed by atoms with van der Waals surface area (Å²) < 4.78 is 50.4. The Morgan fingerprint density at radius 2 is 2.10 bits per heavy atom. The lowest BCUT2D eigenvalue weighted by Gasteiger charge is -2.30. The molecule has 29 heavy (non-hydrogen) atoms. The molecule has 0 aromatic heterocycles. The molecule has 1 saturated carbocycles. The minimum absolute atomic E-state index is 0.169. The fraction of sp³-hybridized carbons (Fsp3) is 0.571. The topological polar surface area (TPSA) is 53.5 Å². The third-order valence-corrected chi connectivity index (χ3v) is 6.45. The summed E-state index contributed by atoms with van der Waals surface area (Å²) in [5.74, 6) is 6.85. The number of nitrogens with one attached hydrogen (secondary N) is 2. The molecule has 0 saturated heterocycles. The van der Waals surface area contributed by atoms with Gasteiger partial charge in [-0.05, 0) is 44.4 Å². The maximum atomic E-state index is 12.8. The molecule has 8 heteroatoms. The van der Waals surface area contributed by atoms with Crippen molar-refractivity contribution in [2.75, 3.05) is 18.8 Å². The molecule has 3 unspecified atom stereocenters. The number of alkyl halides is 3. The van der Waals surface area contributed by atoms with Gasteiger partial charge in [0.1, 0.15) is 6.54 Å². The van der Waals surface area contributed by atoms with Crippen molar-refractivity contribution in [1.82, 2.24) is 10.6 Å². The molecule has 3 atom stereocenters. The van der Waals surface area contributed by atoms with Crippen LogP contribution in [0, 0.1) is 11.8 Å². The van der Waals surface area contributed by atoms with Crippen molar-refractivity contribution in [2.24, 2.45) is 4.99 Å². The summed E-state index contributed by atoms with van der Waals surface area (Å²) in [5, 5.41) is 6.76. The second kappa shape index (κ2) is 11.2. The zero-order chi connectivity index (χ0) is 21.3. The number of aliphatic imine (C=N–C) groups is 1. The van der Waals surface area contributed by atoms with E-state index in [-0.39, 0.29) is 17.8 Å². The van der Waals surface area contributed by atoms with Crippen molar-refractivity contribution >= 4 is 16.8 Å². The zero-order valence-electron chi connectivity index (χ0n) is 16.8. The van der Waals surface area contributed by atoms with E-state index in [4.69, 9.17) is 0 Å². The van der Waals surface area contributed by atoms with E-state index in [0.717, 1.165) is 37.8 Å². The van der Waals surface area contributed by atoms with Crippen molar-refractivity contribution in [2.45, 2.75) is 57.0 Å². The summed E-state index contributed by atoms with van der Waals surface area (Å²) in [6.45, 7) is 4.76. The highest BCUT2D eigenvalue weighted by atomic mass is 32.2. The van der Waals surface area contributed by atoms with Crippen LogP contribution in [0.15, 0.2) is 29.3 Å². The number of halogens is 3. The molecule has 0 radical (unpaired) electrons. The van der Waals surface area contributed by atoms with Crippen LogP contribution in [-0.2, 0) is 17.0 Å². The van der Waals surface area contributed by atoms with Gasteiger partial charge in [-0.25, -0.2) is 4.99 Å². The van der Waals surface area contributed by atoms with Gasteiger partial charge in [-0.3, -0.25) is 4.21 Å². The van der Waals surface area contributed by atoms with Gasteiger partial charge in [0, 0.05) is 40.0 Å². The average Bonchev–Trinajstić information content (AvgIpc) is 2.70.